The minimum atomic E-state index is 0.115. The fourth-order valence-electron chi connectivity index (χ4n) is 1.96. The molecule has 0 aliphatic rings. The molecule has 25 heavy (non-hydrogen) atoms. The van der Waals surface area contributed by atoms with Gasteiger partial charge in [0.15, 0.2) is 0 Å². The first-order valence-corrected chi connectivity index (χ1v) is 9.59. The molecule has 0 rings (SSSR count). The second kappa shape index (κ2) is 21.3. The predicted molar refractivity (Wildman–Crippen MR) is 99.0 cm³/mol. The van der Waals surface area contributed by atoms with E-state index in [4.69, 9.17) is 18.9 Å². The number of hydrogen-bond acceptors (Lipinski definition) is 6. The van der Waals surface area contributed by atoms with Crippen molar-refractivity contribution in [3.05, 3.63) is 0 Å². The minimum Gasteiger partial charge on any atom is -0.379 e. The first-order chi connectivity index (χ1) is 12.3. The summed E-state index contributed by atoms with van der Waals surface area (Å²) in [6.45, 7) is 11.7. The summed E-state index contributed by atoms with van der Waals surface area (Å²) < 4.78 is 21.7. The summed E-state index contributed by atoms with van der Waals surface area (Å²) >= 11 is 0. The van der Waals surface area contributed by atoms with Gasteiger partial charge in [-0.3, -0.25) is 4.79 Å². The zero-order valence-electron chi connectivity index (χ0n) is 16.1. The van der Waals surface area contributed by atoms with Gasteiger partial charge in [0.25, 0.3) is 0 Å². The Balaban J connectivity index is 3.02. The lowest BCUT2D eigenvalue weighted by molar-refractivity contribution is -0.121. The Morgan fingerprint density at radius 2 is 1.20 bits per heavy atom. The molecule has 7 nitrogen and oxygen atoms in total. The largest absolute Gasteiger partial charge is 0.379 e. The van der Waals surface area contributed by atoms with E-state index in [1.54, 1.807) is 0 Å². The standard InChI is InChI=1S/C18H38N2O5/c1-3-7-18(21)20-9-6-11-23-13-15-25-17-16-24-14-12-22-10-5-8-19-4-2/h19H,3-17H2,1-2H3,(H,20,21). The molecule has 150 valence electrons. The first kappa shape index (κ1) is 24.3. The normalized spacial score (nSPS) is 11.0. The van der Waals surface area contributed by atoms with Gasteiger partial charge in [-0.25, -0.2) is 0 Å². The fourth-order valence-corrected chi connectivity index (χ4v) is 1.96. The lowest BCUT2D eigenvalue weighted by Crippen LogP contribution is -2.24. The van der Waals surface area contributed by atoms with E-state index in [9.17, 15) is 4.79 Å². The Bertz CT molecular complexity index is 280. The molecule has 0 unspecified atom stereocenters. The van der Waals surface area contributed by atoms with E-state index in [1.165, 1.54) is 0 Å². The van der Waals surface area contributed by atoms with Crippen molar-refractivity contribution in [2.75, 3.05) is 72.5 Å². The van der Waals surface area contributed by atoms with Crippen LogP contribution in [0.5, 0.6) is 0 Å². The molecule has 0 aliphatic carbocycles. The Morgan fingerprint density at radius 3 is 1.68 bits per heavy atom. The van der Waals surface area contributed by atoms with E-state index < -0.39 is 0 Å². The Hall–Kier alpha value is -0.730. The van der Waals surface area contributed by atoms with Crippen LogP contribution in [0.15, 0.2) is 0 Å². The van der Waals surface area contributed by atoms with Gasteiger partial charge >= 0.3 is 0 Å². The molecule has 0 aromatic carbocycles. The Morgan fingerprint density at radius 1 is 0.720 bits per heavy atom. The minimum absolute atomic E-state index is 0.115. The topological polar surface area (TPSA) is 78.1 Å². The third kappa shape index (κ3) is 21.2. The van der Waals surface area contributed by atoms with Gasteiger partial charge in [0.1, 0.15) is 0 Å². The van der Waals surface area contributed by atoms with Crippen molar-refractivity contribution >= 4 is 5.91 Å². The summed E-state index contributed by atoms with van der Waals surface area (Å²) in [5, 5.41) is 6.11. The van der Waals surface area contributed by atoms with E-state index in [-0.39, 0.29) is 5.91 Å². The van der Waals surface area contributed by atoms with Crippen molar-refractivity contribution in [1.29, 1.82) is 0 Å². The molecule has 0 aromatic heterocycles. The molecular weight excluding hydrogens is 324 g/mol. The van der Waals surface area contributed by atoms with Crippen molar-refractivity contribution in [3.8, 4) is 0 Å². The van der Waals surface area contributed by atoms with E-state index in [2.05, 4.69) is 17.6 Å². The first-order valence-electron chi connectivity index (χ1n) is 9.59. The van der Waals surface area contributed by atoms with E-state index in [1.807, 2.05) is 6.92 Å². The van der Waals surface area contributed by atoms with Gasteiger partial charge in [-0.15, -0.1) is 0 Å². The molecule has 0 aromatic rings. The molecule has 0 radical (unpaired) electrons. The number of hydrogen-bond donors (Lipinski definition) is 2. The van der Waals surface area contributed by atoms with Crippen LogP contribution in [0.25, 0.3) is 0 Å². The molecule has 0 saturated carbocycles. The highest BCUT2D eigenvalue weighted by molar-refractivity contribution is 5.75. The summed E-state index contributed by atoms with van der Waals surface area (Å²) in [6.07, 6.45) is 3.33. The molecule has 0 saturated heterocycles. The van der Waals surface area contributed by atoms with Crippen molar-refractivity contribution in [2.24, 2.45) is 0 Å². The number of amides is 1. The maximum Gasteiger partial charge on any atom is 0.219 e. The summed E-state index contributed by atoms with van der Waals surface area (Å²) in [4.78, 5) is 11.2. The van der Waals surface area contributed by atoms with Crippen LogP contribution in [-0.4, -0.2) is 78.4 Å². The number of rotatable bonds is 20. The summed E-state index contributed by atoms with van der Waals surface area (Å²) in [5.41, 5.74) is 0. The molecular formula is C18H38N2O5. The number of nitrogens with one attached hydrogen (secondary N) is 2. The molecule has 0 spiro atoms. The van der Waals surface area contributed by atoms with Crippen molar-refractivity contribution in [3.63, 3.8) is 0 Å². The van der Waals surface area contributed by atoms with Crippen molar-refractivity contribution in [1.82, 2.24) is 10.6 Å². The van der Waals surface area contributed by atoms with E-state index in [0.29, 0.717) is 59.2 Å². The van der Waals surface area contributed by atoms with Crippen LogP contribution < -0.4 is 10.6 Å². The van der Waals surface area contributed by atoms with Gasteiger partial charge in [0, 0.05) is 26.2 Å². The molecule has 0 aliphatic heterocycles. The van der Waals surface area contributed by atoms with Crippen LogP contribution in [0.2, 0.25) is 0 Å². The second-order valence-corrected chi connectivity index (χ2v) is 5.61. The average Bonchev–Trinajstić information content (AvgIpc) is 2.61. The van der Waals surface area contributed by atoms with Crippen molar-refractivity contribution in [2.45, 2.75) is 39.5 Å². The maximum atomic E-state index is 11.2. The molecule has 0 fully saturated rings. The smallest absolute Gasteiger partial charge is 0.219 e. The van der Waals surface area contributed by atoms with Crippen LogP contribution in [0.1, 0.15) is 39.5 Å². The van der Waals surface area contributed by atoms with Gasteiger partial charge in [-0.05, 0) is 32.4 Å². The number of carbonyl (C=O) groups excluding carboxylic acids is 1. The third-order valence-electron chi connectivity index (χ3n) is 3.27. The number of ether oxygens (including phenoxy) is 4. The highest BCUT2D eigenvalue weighted by atomic mass is 16.6. The molecule has 0 heterocycles. The van der Waals surface area contributed by atoms with Crippen LogP contribution in [-0.2, 0) is 23.7 Å². The monoisotopic (exact) mass is 362 g/mol. The lowest BCUT2D eigenvalue weighted by atomic mass is 10.3. The van der Waals surface area contributed by atoms with Gasteiger partial charge in [0.05, 0.1) is 39.6 Å². The summed E-state index contributed by atoms with van der Waals surface area (Å²) in [6, 6.07) is 0. The molecule has 0 atom stereocenters. The molecule has 1 amide bonds. The Kier molecular flexibility index (Phi) is 20.7. The predicted octanol–water partition coefficient (Wildman–Crippen LogP) is 1.36. The van der Waals surface area contributed by atoms with Crippen molar-refractivity contribution < 1.29 is 23.7 Å². The van der Waals surface area contributed by atoms with Gasteiger partial charge < -0.3 is 29.6 Å². The van der Waals surface area contributed by atoms with E-state index in [0.717, 1.165) is 39.0 Å². The second-order valence-electron chi connectivity index (χ2n) is 5.61. The van der Waals surface area contributed by atoms with Crippen LogP contribution in [0.3, 0.4) is 0 Å². The van der Waals surface area contributed by atoms with Gasteiger partial charge in [-0.2, -0.15) is 0 Å². The zero-order valence-corrected chi connectivity index (χ0v) is 16.1. The average molecular weight is 363 g/mol. The van der Waals surface area contributed by atoms with Crippen LogP contribution in [0.4, 0.5) is 0 Å². The van der Waals surface area contributed by atoms with Crippen LogP contribution in [0, 0.1) is 0 Å². The number of carbonyl (C=O) groups is 1. The van der Waals surface area contributed by atoms with E-state index >= 15 is 0 Å². The quantitative estimate of drug-likeness (QED) is 0.319. The third-order valence-corrected chi connectivity index (χ3v) is 3.27. The highest BCUT2D eigenvalue weighted by Gasteiger charge is 1.97. The fraction of sp³-hybridized carbons (Fsp3) is 0.944. The SMILES string of the molecule is CCCC(=O)NCCCOCCOCCOCCOCCCNCC. The van der Waals surface area contributed by atoms with Gasteiger partial charge in [-0.1, -0.05) is 13.8 Å². The van der Waals surface area contributed by atoms with Crippen LogP contribution >= 0.6 is 0 Å². The highest BCUT2D eigenvalue weighted by Crippen LogP contribution is 1.88. The summed E-state index contributed by atoms with van der Waals surface area (Å²) in [7, 11) is 0. The molecule has 2 N–H and O–H groups in total. The zero-order chi connectivity index (χ0) is 18.4. The summed E-state index contributed by atoms with van der Waals surface area (Å²) in [5.74, 6) is 0.115. The lowest BCUT2D eigenvalue weighted by Gasteiger charge is -2.08. The molecule has 0 bridgehead atoms. The maximum absolute atomic E-state index is 11.2. The molecule has 7 heteroatoms. The Labute approximate surface area is 153 Å². The van der Waals surface area contributed by atoms with Gasteiger partial charge in [0.2, 0.25) is 5.91 Å².